The minimum atomic E-state index is -2.09. The van der Waals surface area contributed by atoms with E-state index in [-0.39, 0.29) is 0 Å². The molecular formula is C6H8N2O3S. The molecule has 0 radical (unpaired) electrons. The first kappa shape index (κ1) is 8.95. The Kier molecular flexibility index (Phi) is 3.01. The van der Waals surface area contributed by atoms with E-state index in [0.717, 1.165) is 0 Å². The van der Waals surface area contributed by atoms with Gasteiger partial charge in [-0.1, -0.05) is 6.07 Å². The molecule has 5 nitrogen and oxygen atoms in total. The Morgan fingerprint density at radius 2 is 2.42 bits per heavy atom. The smallest absolute Gasteiger partial charge is 0.260 e. The van der Waals surface area contributed by atoms with Gasteiger partial charge in [0.2, 0.25) is 5.88 Å². The van der Waals surface area contributed by atoms with Gasteiger partial charge in [-0.05, 0) is 6.07 Å². The summed E-state index contributed by atoms with van der Waals surface area (Å²) in [6.45, 7) is 0. The van der Waals surface area contributed by atoms with Crippen LogP contribution in [0.2, 0.25) is 0 Å². The lowest BCUT2D eigenvalue weighted by atomic mass is 10.5. The van der Waals surface area contributed by atoms with Crippen molar-refractivity contribution in [2.75, 3.05) is 11.8 Å². The van der Waals surface area contributed by atoms with Crippen LogP contribution in [0.25, 0.3) is 0 Å². The Morgan fingerprint density at radius 1 is 1.67 bits per heavy atom. The van der Waals surface area contributed by atoms with Gasteiger partial charge in [0, 0.05) is 6.07 Å². The molecular weight excluding hydrogens is 180 g/mol. The van der Waals surface area contributed by atoms with Crippen LogP contribution in [0.1, 0.15) is 0 Å². The number of pyridine rings is 1. The maximum atomic E-state index is 10.3. The third-order valence-electron chi connectivity index (χ3n) is 1.12. The van der Waals surface area contributed by atoms with E-state index in [9.17, 15) is 4.21 Å². The van der Waals surface area contributed by atoms with Crippen LogP contribution in [0.3, 0.4) is 0 Å². The van der Waals surface area contributed by atoms with Gasteiger partial charge in [-0.25, -0.2) is 4.21 Å². The maximum Gasteiger partial charge on any atom is 0.260 e. The Labute approximate surface area is 72.2 Å². The number of methoxy groups -OCH3 is 1. The van der Waals surface area contributed by atoms with Crippen molar-refractivity contribution in [2.45, 2.75) is 0 Å². The predicted octanol–water partition coefficient (Wildman–Crippen LogP) is 0.639. The second kappa shape index (κ2) is 4.03. The fourth-order valence-electron chi connectivity index (χ4n) is 0.675. The van der Waals surface area contributed by atoms with Crippen molar-refractivity contribution < 1.29 is 13.5 Å². The van der Waals surface area contributed by atoms with Crippen molar-refractivity contribution in [2.24, 2.45) is 0 Å². The standard InChI is InChI=1S/C6H8N2O3S/c1-11-6-4-2-3-5(7-6)8-12(9)10/h2-4H,1H3,(H,7,8)(H,9,10). The minimum absolute atomic E-state index is 0.301. The summed E-state index contributed by atoms with van der Waals surface area (Å²) in [5, 5.41) is 0. The first-order valence-electron chi connectivity index (χ1n) is 3.11. The molecule has 0 amide bonds. The lowest BCUT2D eigenvalue weighted by Crippen LogP contribution is -2.03. The Morgan fingerprint density at radius 3 is 3.00 bits per heavy atom. The van der Waals surface area contributed by atoms with Crippen LogP contribution >= 0.6 is 0 Å². The molecule has 1 atom stereocenters. The lowest BCUT2D eigenvalue weighted by Gasteiger charge is -2.01. The van der Waals surface area contributed by atoms with E-state index in [1.54, 1.807) is 18.2 Å². The van der Waals surface area contributed by atoms with Gasteiger partial charge >= 0.3 is 0 Å². The quantitative estimate of drug-likeness (QED) is 0.683. The molecule has 66 valence electrons. The number of anilines is 1. The van der Waals surface area contributed by atoms with Crippen molar-refractivity contribution in [3.05, 3.63) is 18.2 Å². The second-order valence-corrected chi connectivity index (χ2v) is 2.62. The van der Waals surface area contributed by atoms with Crippen LogP contribution in [0.5, 0.6) is 5.88 Å². The average molecular weight is 188 g/mol. The number of aromatic nitrogens is 1. The minimum Gasteiger partial charge on any atom is -0.481 e. The summed E-state index contributed by atoms with van der Waals surface area (Å²) in [6, 6.07) is 4.88. The average Bonchev–Trinajstić information content (AvgIpc) is 2.03. The number of hydrogen-bond donors (Lipinski definition) is 2. The molecule has 12 heavy (non-hydrogen) atoms. The van der Waals surface area contributed by atoms with Gasteiger partial charge in [-0.15, -0.1) is 0 Å². The number of ether oxygens (including phenoxy) is 1. The van der Waals surface area contributed by atoms with Gasteiger partial charge in [0.15, 0.2) is 0 Å². The van der Waals surface area contributed by atoms with Gasteiger partial charge < -0.3 is 4.74 Å². The molecule has 0 aliphatic rings. The van der Waals surface area contributed by atoms with E-state index in [4.69, 9.17) is 9.29 Å². The van der Waals surface area contributed by atoms with Crippen molar-refractivity contribution in [3.8, 4) is 5.88 Å². The highest BCUT2D eigenvalue weighted by atomic mass is 32.2. The molecule has 0 aliphatic heterocycles. The van der Waals surface area contributed by atoms with Crippen molar-refractivity contribution in [1.29, 1.82) is 0 Å². The van der Waals surface area contributed by atoms with E-state index in [2.05, 4.69) is 9.71 Å². The topological polar surface area (TPSA) is 71.5 Å². The monoisotopic (exact) mass is 188 g/mol. The maximum absolute atomic E-state index is 10.3. The second-order valence-electron chi connectivity index (χ2n) is 1.92. The fourth-order valence-corrected chi connectivity index (χ4v) is 0.967. The molecule has 0 aromatic carbocycles. The van der Waals surface area contributed by atoms with Gasteiger partial charge in [-0.3, -0.25) is 9.27 Å². The molecule has 6 heteroatoms. The van der Waals surface area contributed by atoms with Crippen LogP contribution in [-0.2, 0) is 11.3 Å². The van der Waals surface area contributed by atoms with E-state index in [1.807, 2.05) is 0 Å². The normalized spacial score (nSPS) is 12.2. The highest BCUT2D eigenvalue weighted by molar-refractivity contribution is 7.80. The lowest BCUT2D eigenvalue weighted by molar-refractivity contribution is 0.398. The molecule has 0 fully saturated rings. The molecule has 1 aromatic heterocycles. The van der Waals surface area contributed by atoms with Crippen LogP contribution in [0.15, 0.2) is 18.2 Å². The summed E-state index contributed by atoms with van der Waals surface area (Å²) in [7, 11) is 1.47. The van der Waals surface area contributed by atoms with Crippen molar-refractivity contribution >= 4 is 17.1 Å². The highest BCUT2D eigenvalue weighted by Crippen LogP contribution is 2.10. The van der Waals surface area contributed by atoms with E-state index in [1.165, 1.54) is 7.11 Å². The molecule has 0 saturated heterocycles. The summed E-state index contributed by atoms with van der Waals surface area (Å²) in [5.74, 6) is 0.695. The summed E-state index contributed by atoms with van der Waals surface area (Å²) in [5.41, 5.74) is 0. The molecule has 0 saturated carbocycles. The Hall–Kier alpha value is -1.14. The molecule has 1 aromatic rings. The van der Waals surface area contributed by atoms with E-state index >= 15 is 0 Å². The first-order valence-corrected chi connectivity index (χ1v) is 4.21. The fraction of sp³-hybridized carbons (Fsp3) is 0.167. The summed E-state index contributed by atoms with van der Waals surface area (Å²) in [4.78, 5) is 3.84. The van der Waals surface area contributed by atoms with E-state index in [0.29, 0.717) is 11.7 Å². The molecule has 0 aliphatic carbocycles. The number of nitrogens with zero attached hydrogens (tertiary/aromatic N) is 1. The van der Waals surface area contributed by atoms with Crippen LogP contribution in [-0.4, -0.2) is 20.9 Å². The van der Waals surface area contributed by atoms with Crippen LogP contribution < -0.4 is 9.46 Å². The third-order valence-corrected chi connectivity index (χ3v) is 1.51. The zero-order chi connectivity index (χ0) is 8.97. The van der Waals surface area contributed by atoms with Gasteiger partial charge in [-0.2, -0.15) is 4.98 Å². The Bertz CT molecular complexity index is 292. The van der Waals surface area contributed by atoms with Crippen LogP contribution in [0, 0.1) is 0 Å². The number of rotatable bonds is 3. The zero-order valence-corrected chi connectivity index (χ0v) is 7.17. The van der Waals surface area contributed by atoms with E-state index < -0.39 is 11.3 Å². The molecule has 0 spiro atoms. The summed E-state index contributed by atoms with van der Waals surface area (Å²) >= 11 is -2.09. The first-order chi connectivity index (χ1) is 5.72. The largest absolute Gasteiger partial charge is 0.481 e. The SMILES string of the molecule is COc1cccc(NS(=O)O)n1. The molecule has 1 rings (SSSR count). The molecule has 1 unspecified atom stereocenters. The number of hydrogen-bond acceptors (Lipinski definition) is 3. The third kappa shape index (κ3) is 2.48. The highest BCUT2D eigenvalue weighted by Gasteiger charge is 1.97. The summed E-state index contributed by atoms with van der Waals surface area (Å²) < 4.78 is 25.8. The van der Waals surface area contributed by atoms with Gasteiger partial charge in [0.1, 0.15) is 5.82 Å². The van der Waals surface area contributed by atoms with Crippen molar-refractivity contribution in [1.82, 2.24) is 4.98 Å². The molecule has 1 heterocycles. The molecule has 0 bridgehead atoms. The zero-order valence-electron chi connectivity index (χ0n) is 6.35. The Balaban J connectivity index is 2.79. The van der Waals surface area contributed by atoms with Crippen molar-refractivity contribution in [3.63, 3.8) is 0 Å². The van der Waals surface area contributed by atoms with Crippen LogP contribution in [0.4, 0.5) is 5.82 Å². The van der Waals surface area contributed by atoms with Gasteiger partial charge in [0.05, 0.1) is 7.11 Å². The molecule has 2 N–H and O–H groups in total. The predicted molar refractivity (Wildman–Crippen MR) is 45.2 cm³/mol. The summed E-state index contributed by atoms with van der Waals surface area (Å²) in [6.07, 6.45) is 0. The number of nitrogens with one attached hydrogen (secondary N) is 1. The van der Waals surface area contributed by atoms with Gasteiger partial charge in [0.25, 0.3) is 11.3 Å².